The molecule has 35 heavy (non-hydrogen) atoms. The average Bonchev–Trinajstić information content (AvgIpc) is 3.55. The Hall–Kier alpha value is -3.85. The molecule has 3 heterocycles. The van der Waals surface area contributed by atoms with E-state index in [1.54, 1.807) is 0 Å². The van der Waals surface area contributed by atoms with E-state index in [4.69, 9.17) is 9.05 Å². The lowest BCUT2D eigenvalue weighted by molar-refractivity contribution is 0.0624. The number of benzene rings is 2. The van der Waals surface area contributed by atoms with Gasteiger partial charge in [0.1, 0.15) is 0 Å². The Morgan fingerprint density at radius 1 is 0.886 bits per heavy atom. The molecule has 2 aromatic heterocycles. The van der Waals surface area contributed by atoms with E-state index in [0.29, 0.717) is 48.6 Å². The highest BCUT2D eigenvalue weighted by molar-refractivity contribution is 5.94. The molecule has 1 aliphatic rings. The predicted octanol–water partition coefficient (Wildman–Crippen LogP) is 4.18. The molecule has 0 unspecified atom stereocenters. The minimum atomic E-state index is 0.0217. The minimum Gasteiger partial charge on any atom is -0.339 e. The molecule has 9 nitrogen and oxygen atoms in total. The van der Waals surface area contributed by atoms with Crippen LogP contribution in [0.3, 0.4) is 0 Å². The Kier molecular flexibility index (Phi) is 6.41. The Balaban J connectivity index is 1.15. The summed E-state index contributed by atoms with van der Waals surface area (Å²) >= 11 is 0. The second-order valence-electron chi connectivity index (χ2n) is 9.14. The van der Waals surface area contributed by atoms with Crippen LogP contribution >= 0.6 is 0 Å². The summed E-state index contributed by atoms with van der Waals surface area (Å²) in [5, 5.41) is 8.16. The fourth-order valence-electron chi connectivity index (χ4n) is 3.97. The van der Waals surface area contributed by atoms with Crippen molar-refractivity contribution < 1.29 is 13.8 Å². The zero-order chi connectivity index (χ0) is 24.4. The molecule has 1 aliphatic heterocycles. The summed E-state index contributed by atoms with van der Waals surface area (Å²) in [5.41, 5.74) is 3.57. The number of aryl methyl sites for hydroxylation is 1. The number of hydrogen-bond donors (Lipinski definition) is 0. The largest absolute Gasteiger partial charge is 0.339 e. The summed E-state index contributed by atoms with van der Waals surface area (Å²) in [6.45, 7) is 9.43. The molecule has 0 bridgehead atoms. The lowest BCUT2D eigenvalue weighted by Gasteiger charge is -2.34. The quantitative estimate of drug-likeness (QED) is 0.412. The van der Waals surface area contributed by atoms with Crippen molar-refractivity contribution in [2.24, 2.45) is 0 Å². The molecule has 1 fully saturated rings. The first-order valence-corrected chi connectivity index (χ1v) is 11.8. The molecule has 2 aromatic carbocycles. The van der Waals surface area contributed by atoms with Crippen LogP contribution in [0.5, 0.6) is 0 Å². The van der Waals surface area contributed by atoms with Crippen LogP contribution in [-0.4, -0.2) is 62.2 Å². The van der Waals surface area contributed by atoms with Crippen LogP contribution in [0.25, 0.3) is 22.8 Å². The van der Waals surface area contributed by atoms with Crippen LogP contribution in [0.15, 0.2) is 57.6 Å². The van der Waals surface area contributed by atoms with Gasteiger partial charge in [0.15, 0.2) is 5.82 Å². The van der Waals surface area contributed by atoms with Crippen LogP contribution in [0.1, 0.15) is 47.4 Å². The Morgan fingerprint density at radius 3 is 2.23 bits per heavy atom. The number of aromatic nitrogens is 4. The molecule has 4 aromatic rings. The highest BCUT2D eigenvalue weighted by atomic mass is 16.5. The van der Waals surface area contributed by atoms with Crippen LogP contribution < -0.4 is 0 Å². The maximum absolute atomic E-state index is 13.0. The van der Waals surface area contributed by atoms with Gasteiger partial charge in [-0.15, -0.1) is 0 Å². The number of piperazine rings is 1. The van der Waals surface area contributed by atoms with Crippen LogP contribution in [0.2, 0.25) is 0 Å². The average molecular weight is 473 g/mol. The molecule has 0 spiro atoms. The number of nitrogens with zero attached hydrogens (tertiary/aromatic N) is 6. The monoisotopic (exact) mass is 472 g/mol. The fraction of sp³-hybridized carbons (Fsp3) is 0.346. The molecule has 0 N–H and O–H groups in total. The van der Waals surface area contributed by atoms with Crippen molar-refractivity contribution in [1.29, 1.82) is 0 Å². The third-order valence-corrected chi connectivity index (χ3v) is 6.12. The molecule has 5 rings (SSSR count). The summed E-state index contributed by atoms with van der Waals surface area (Å²) in [7, 11) is 0. The maximum atomic E-state index is 13.0. The minimum absolute atomic E-state index is 0.0217. The lowest BCUT2D eigenvalue weighted by Crippen LogP contribution is -2.48. The smallest absolute Gasteiger partial charge is 0.257 e. The number of rotatable bonds is 6. The Labute approximate surface area is 203 Å². The van der Waals surface area contributed by atoms with Crippen LogP contribution in [-0.2, 0) is 6.54 Å². The van der Waals surface area contributed by atoms with Crippen molar-refractivity contribution in [1.82, 2.24) is 30.1 Å². The second kappa shape index (κ2) is 9.79. The SMILES string of the molecule is Cc1ccc(-c2nc(CN3CCN(C(=O)c4ccc(-c5noc(C(C)C)n5)cc4)CC3)no2)cc1. The standard InChI is InChI=1S/C26H28N6O3/c1-17(2)24-28-23(30-34-24)19-8-10-21(11-9-19)26(33)32-14-12-31(13-15-32)16-22-27-25(35-29-22)20-6-4-18(3)5-7-20/h4-11,17H,12-16H2,1-3H3. The molecule has 1 saturated heterocycles. The maximum Gasteiger partial charge on any atom is 0.257 e. The van der Waals surface area contributed by atoms with Crippen molar-refractivity contribution >= 4 is 5.91 Å². The summed E-state index contributed by atoms with van der Waals surface area (Å²) < 4.78 is 10.7. The Morgan fingerprint density at radius 2 is 1.57 bits per heavy atom. The summed E-state index contributed by atoms with van der Waals surface area (Å²) in [6.07, 6.45) is 0. The first-order valence-electron chi connectivity index (χ1n) is 11.8. The molecular weight excluding hydrogens is 444 g/mol. The normalized spacial score (nSPS) is 14.6. The lowest BCUT2D eigenvalue weighted by atomic mass is 10.1. The first kappa shape index (κ1) is 22.9. The van der Waals surface area contributed by atoms with E-state index in [9.17, 15) is 4.79 Å². The highest BCUT2D eigenvalue weighted by Gasteiger charge is 2.23. The van der Waals surface area contributed by atoms with Gasteiger partial charge in [0.2, 0.25) is 11.7 Å². The van der Waals surface area contributed by atoms with E-state index in [2.05, 4.69) is 25.2 Å². The van der Waals surface area contributed by atoms with Crippen molar-refractivity contribution in [2.75, 3.05) is 26.2 Å². The van der Waals surface area contributed by atoms with Gasteiger partial charge in [0.05, 0.1) is 6.54 Å². The molecule has 180 valence electrons. The van der Waals surface area contributed by atoms with E-state index >= 15 is 0 Å². The topological polar surface area (TPSA) is 101 Å². The summed E-state index contributed by atoms with van der Waals surface area (Å²) in [6, 6.07) is 15.4. The number of amides is 1. The third-order valence-electron chi connectivity index (χ3n) is 6.12. The number of carbonyl (C=O) groups excluding carboxylic acids is 1. The van der Waals surface area contributed by atoms with E-state index in [1.165, 1.54) is 5.56 Å². The Bertz CT molecular complexity index is 1290. The van der Waals surface area contributed by atoms with E-state index in [-0.39, 0.29) is 11.8 Å². The summed E-state index contributed by atoms with van der Waals surface area (Å²) in [5.74, 6) is 2.51. The van der Waals surface area contributed by atoms with Gasteiger partial charge in [0.25, 0.3) is 11.8 Å². The van der Waals surface area contributed by atoms with Crippen molar-refractivity contribution in [3.8, 4) is 22.8 Å². The highest BCUT2D eigenvalue weighted by Crippen LogP contribution is 2.21. The van der Waals surface area contributed by atoms with E-state index in [1.807, 2.05) is 74.2 Å². The molecule has 9 heteroatoms. The van der Waals surface area contributed by atoms with Gasteiger partial charge in [0, 0.05) is 48.8 Å². The van der Waals surface area contributed by atoms with Gasteiger partial charge in [-0.1, -0.05) is 54.0 Å². The van der Waals surface area contributed by atoms with Crippen LogP contribution in [0, 0.1) is 6.92 Å². The van der Waals surface area contributed by atoms with Crippen molar-refractivity contribution in [3.63, 3.8) is 0 Å². The fourth-order valence-corrected chi connectivity index (χ4v) is 3.97. The van der Waals surface area contributed by atoms with Gasteiger partial charge in [-0.2, -0.15) is 9.97 Å². The van der Waals surface area contributed by atoms with Gasteiger partial charge in [-0.05, 0) is 31.2 Å². The van der Waals surface area contributed by atoms with Crippen molar-refractivity contribution in [3.05, 3.63) is 71.4 Å². The first-order chi connectivity index (χ1) is 17.0. The molecule has 0 aliphatic carbocycles. The zero-order valence-corrected chi connectivity index (χ0v) is 20.1. The molecule has 1 amide bonds. The van der Waals surface area contributed by atoms with Gasteiger partial charge < -0.3 is 13.9 Å². The summed E-state index contributed by atoms with van der Waals surface area (Å²) in [4.78, 5) is 26.1. The third kappa shape index (κ3) is 5.14. The predicted molar refractivity (Wildman–Crippen MR) is 129 cm³/mol. The van der Waals surface area contributed by atoms with Crippen LogP contribution in [0.4, 0.5) is 0 Å². The van der Waals surface area contributed by atoms with E-state index in [0.717, 1.165) is 24.2 Å². The van der Waals surface area contributed by atoms with Gasteiger partial charge >= 0.3 is 0 Å². The van der Waals surface area contributed by atoms with Gasteiger partial charge in [-0.3, -0.25) is 9.69 Å². The number of carbonyl (C=O) groups is 1. The van der Waals surface area contributed by atoms with Gasteiger partial charge in [-0.25, -0.2) is 0 Å². The molecule has 0 radical (unpaired) electrons. The zero-order valence-electron chi connectivity index (χ0n) is 20.1. The second-order valence-corrected chi connectivity index (χ2v) is 9.14. The molecule has 0 saturated carbocycles. The molecule has 0 atom stereocenters. The van der Waals surface area contributed by atoms with E-state index < -0.39 is 0 Å². The molecular formula is C26H28N6O3. The van der Waals surface area contributed by atoms with Crippen molar-refractivity contribution in [2.45, 2.75) is 33.2 Å². The number of hydrogen-bond acceptors (Lipinski definition) is 8.